The Hall–Kier alpha value is -0.0400. The average Bonchev–Trinajstić information content (AvgIpc) is 1.95. The molecular formula is C8H14O. The van der Waals surface area contributed by atoms with E-state index in [1.165, 1.54) is 25.7 Å². The van der Waals surface area contributed by atoms with Crippen LogP contribution in [0.5, 0.6) is 0 Å². The van der Waals surface area contributed by atoms with E-state index < -0.39 is 0 Å². The summed E-state index contributed by atoms with van der Waals surface area (Å²) in [4.78, 5) is 0. The molecule has 52 valence electrons. The molecule has 0 aromatic carbocycles. The van der Waals surface area contributed by atoms with E-state index in [1.807, 2.05) is 0 Å². The van der Waals surface area contributed by atoms with Crippen molar-refractivity contribution in [2.75, 3.05) is 6.61 Å². The van der Waals surface area contributed by atoms with Gasteiger partial charge in [-0.2, -0.15) is 0 Å². The van der Waals surface area contributed by atoms with Gasteiger partial charge in [0.1, 0.15) is 0 Å². The van der Waals surface area contributed by atoms with Crippen molar-refractivity contribution in [3.8, 4) is 0 Å². The van der Waals surface area contributed by atoms with E-state index >= 15 is 0 Å². The molecule has 0 spiro atoms. The van der Waals surface area contributed by atoms with Crippen LogP contribution in [0.15, 0.2) is 0 Å². The quantitative estimate of drug-likeness (QED) is 0.482. The van der Waals surface area contributed by atoms with E-state index in [-0.39, 0.29) is 0 Å². The van der Waals surface area contributed by atoms with Gasteiger partial charge in [-0.3, -0.25) is 0 Å². The fourth-order valence-electron chi connectivity index (χ4n) is 2.17. The fourth-order valence-corrected chi connectivity index (χ4v) is 2.17. The van der Waals surface area contributed by atoms with E-state index in [0.29, 0.717) is 5.60 Å². The van der Waals surface area contributed by atoms with E-state index in [9.17, 15) is 0 Å². The molecule has 3 aliphatic rings. The fraction of sp³-hybridized carbons (Fsp3) is 1.00. The monoisotopic (exact) mass is 126 g/mol. The molecule has 3 fully saturated rings. The molecule has 2 saturated heterocycles. The Kier molecular flexibility index (Phi) is 1.10. The van der Waals surface area contributed by atoms with Crippen LogP contribution in [0.1, 0.15) is 32.6 Å². The maximum Gasteiger partial charge on any atom is 0.0659 e. The molecule has 2 heterocycles. The van der Waals surface area contributed by atoms with Crippen LogP contribution >= 0.6 is 0 Å². The van der Waals surface area contributed by atoms with Gasteiger partial charge in [-0.25, -0.2) is 0 Å². The molecule has 0 aromatic rings. The molecule has 2 aliphatic heterocycles. The molecule has 1 nitrogen and oxygen atoms in total. The SMILES string of the molecule is CC12CC(CCCO1)C2. The highest BCUT2D eigenvalue weighted by atomic mass is 16.5. The summed E-state index contributed by atoms with van der Waals surface area (Å²) in [6.45, 7) is 3.25. The second-order valence-corrected chi connectivity index (χ2v) is 3.71. The standard InChI is InChI=1S/C8H14O/c1-8-5-7(6-8)3-2-4-9-8/h7H,2-6H2,1H3. The second kappa shape index (κ2) is 1.72. The van der Waals surface area contributed by atoms with E-state index in [0.717, 1.165) is 12.5 Å². The van der Waals surface area contributed by atoms with Crippen LogP contribution < -0.4 is 0 Å². The predicted molar refractivity (Wildman–Crippen MR) is 36.3 cm³/mol. The topological polar surface area (TPSA) is 9.23 Å². The zero-order valence-corrected chi connectivity index (χ0v) is 6.02. The number of ether oxygens (including phenoxy) is 1. The number of rotatable bonds is 0. The zero-order chi connectivity index (χ0) is 6.32. The van der Waals surface area contributed by atoms with Gasteiger partial charge in [-0.1, -0.05) is 0 Å². The molecule has 0 amide bonds. The van der Waals surface area contributed by atoms with Gasteiger partial charge in [0.2, 0.25) is 0 Å². The smallest absolute Gasteiger partial charge is 0.0659 e. The van der Waals surface area contributed by atoms with Gasteiger partial charge in [0.15, 0.2) is 0 Å². The summed E-state index contributed by atoms with van der Waals surface area (Å²) in [6.07, 6.45) is 5.36. The summed E-state index contributed by atoms with van der Waals surface area (Å²) in [6, 6.07) is 0. The van der Waals surface area contributed by atoms with Crippen molar-refractivity contribution in [3.05, 3.63) is 0 Å². The van der Waals surface area contributed by atoms with Crippen LogP contribution in [0.2, 0.25) is 0 Å². The second-order valence-electron chi connectivity index (χ2n) is 3.71. The molecule has 1 aliphatic carbocycles. The van der Waals surface area contributed by atoms with Crippen LogP contribution in [-0.4, -0.2) is 12.2 Å². The molecule has 9 heavy (non-hydrogen) atoms. The first-order chi connectivity index (χ1) is 4.29. The normalized spacial score (nSPS) is 49.7. The minimum absolute atomic E-state index is 0.307. The van der Waals surface area contributed by atoms with E-state index in [4.69, 9.17) is 4.74 Å². The molecule has 1 saturated carbocycles. The molecule has 0 N–H and O–H groups in total. The minimum Gasteiger partial charge on any atom is -0.375 e. The van der Waals surface area contributed by atoms with Crippen LogP contribution in [0.4, 0.5) is 0 Å². The summed E-state index contributed by atoms with van der Waals surface area (Å²) in [5, 5.41) is 0. The van der Waals surface area contributed by atoms with Gasteiger partial charge in [-0.15, -0.1) is 0 Å². The first kappa shape index (κ1) is 5.72. The van der Waals surface area contributed by atoms with Crippen molar-refractivity contribution < 1.29 is 4.74 Å². The molecule has 0 aromatic heterocycles. The lowest BCUT2D eigenvalue weighted by atomic mass is 9.71. The summed E-state index contributed by atoms with van der Waals surface area (Å²) >= 11 is 0. The lowest BCUT2D eigenvalue weighted by Gasteiger charge is -2.42. The van der Waals surface area contributed by atoms with Crippen molar-refractivity contribution in [2.45, 2.75) is 38.2 Å². The molecule has 0 radical (unpaired) electrons. The van der Waals surface area contributed by atoms with Gasteiger partial charge < -0.3 is 4.74 Å². The Labute approximate surface area is 56.4 Å². The van der Waals surface area contributed by atoms with Gasteiger partial charge in [-0.05, 0) is 38.5 Å². The third-order valence-corrected chi connectivity index (χ3v) is 2.65. The van der Waals surface area contributed by atoms with Gasteiger partial charge in [0.25, 0.3) is 0 Å². The molecule has 3 rings (SSSR count). The van der Waals surface area contributed by atoms with E-state index in [2.05, 4.69) is 6.92 Å². The van der Waals surface area contributed by atoms with Crippen molar-refractivity contribution in [2.24, 2.45) is 5.92 Å². The molecule has 2 bridgehead atoms. The van der Waals surface area contributed by atoms with Gasteiger partial charge in [0, 0.05) is 6.61 Å². The highest BCUT2D eigenvalue weighted by Crippen LogP contribution is 2.45. The maximum atomic E-state index is 5.66. The Morgan fingerprint density at radius 1 is 1.44 bits per heavy atom. The predicted octanol–water partition coefficient (Wildman–Crippen LogP) is 1.97. The van der Waals surface area contributed by atoms with Crippen LogP contribution in [0, 0.1) is 5.92 Å². The Balaban J connectivity index is 2.03. The third-order valence-electron chi connectivity index (χ3n) is 2.65. The lowest BCUT2D eigenvalue weighted by Crippen LogP contribution is -2.41. The number of fused-ring (bicyclic) bond motifs is 3. The summed E-state index contributed by atoms with van der Waals surface area (Å²) in [7, 11) is 0. The number of hydrogen-bond acceptors (Lipinski definition) is 1. The first-order valence-electron chi connectivity index (χ1n) is 3.92. The lowest BCUT2D eigenvalue weighted by molar-refractivity contribution is -0.0920. The minimum atomic E-state index is 0.307. The summed E-state index contributed by atoms with van der Waals surface area (Å²) < 4.78 is 5.66. The highest BCUT2D eigenvalue weighted by molar-refractivity contribution is 4.93. The summed E-state index contributed by atoms with van der Waals surface area (Å²) in [5.41, 5.74) is 0.307. The van der Waals surface area contributed by atoms with Crippen LogP contribution in [0.25, 0.3) is 0 Å². The molecule has 0 unspecified atom stereocenters. The molecule has 1 heteroatoms. The Bertz CT molecular complexity index is 108. The van der Waals surface area contributed by atoms with Crippen molar-refractivity contribution in [3.63, 3.8) is 0 Å². The van der Waals surface area contributed by atoms with Crippen molar-refractivity contribution in [1.82, 2.24) is 0 Å². The van der Waals surface area contributed by atoms with Gasteiger partial charge >= 0.3 is 0 Å². The highest BCUT2D eigenvalue weighted by Gasteiger charge is 2.42. The van der Waals surface area contributed by atoms with Crippen molar-refractivity contribution >= 4 is 0 Å². The maximum absolute atomic E-state index is 5.66. The first-order valence-corrected chi connectivity index (χ1v) is 3.92. The van der Waals surface area contributed by atoms with Crippen LogP contribution in [-0.2, 0) is 4.74 Å². The largest absolute Gasteiger partial charge is 0.375 e. The Morgan fingerprint density at radius 3 is 3.00 bits per heavy atom. The zero-order valence-electron chi connectivity index (χ0n) is 6.02. The van der Waals surface area contributed by atoms with E-state index in [1.54, 1.807) is 0 Å². The Morgan fingerprint density at radius 2 is 2.22 bits per heavy atom. The molecule has 0 atom stereocenters. The summed E-state index contributed by atoms with van der Waals surface area (Å²) in [5.74, 6) is 1.01. The van der Waals surface area contributed by atoms with Gasteiger partial charge in [0.05, 0.1) is 5.60 Å². The average molecular weight is 126 g/mol. The molecular weight excluding hydrogens is 112 g/mol. The van der Waals surface area contributed by atoms with Crippen LogP contribution in [0.3, 0.4) is 0 Å². The number of hydrogen-bond donors (Lipinski definition) is 0. The van der Waals surface area contributed by atoms with Crippen molar-refractivity contribution in [1.29, 1.82) is 0 Å². The third kappa shape index (κ3) is 0.877.